The molecular weight excluding hydrogens is 220 g/mol. The van der Waals surface area contributed by atoms with Crippen LogP contribution in [-0.2, 0) is 14.4 Å². The molecule has 16 heavy (non-hydrogen) atoms. The van der Waals surface area contributed by atoms with Crippen LogP contribution in [0, 0.1) is 0 Å². The fourth-order valence-electron chi connectivity index (χ4n) is 0.925. The minimum Gasteiger partial charge on any atom is -0.481 e. The predicted molar refractivity (Wildman–Crippen MR) is 51.5 cm³/mol. The van der Waals surface area contributed by atoms with Gasteiger partial charge in [0.1, 0.15) is 6.04 Å². The largest absolute Gasteiger partial charge is 0.481 e. The minimum absolute atomic E-state index is 0.135. The highest BCUT2D eigenvalue weighted by Crippen LogP contribution is 1.96. The number of carboxylic acid groups (broad SMARTS) is 2. The van der Waals surface area contributed by atoms with Gasteiger partial charge in [0.05, 0.1) is 18.9 Å². The molecule has 8 nitrogen and oxygen atoms in total. The second-order valence-corrected chi connectivity index (χ2v) is 3.15. The Balaban J connectivity index is 4.24. The number of carbonyl (C=O) groups excluding carboxylic acids is 1. The van der Waals surface area contributed by atoms with Crippen LogP contribution in [0.2, 0.25) is 0 Å². The average Bonchev–Trinajstić information content (AvgIpc) is 2.15. The molecule has 0 saturated carbocycles. The van der Waals surface area contributed by atoms with Gasteiger partial charge in [-0.1, -0.05) is 0 Å². The molecule has 0 spiro atoms. The van der Waals surface area contributed by atoms with Gasteiger partial charge in [0.2, 0.25) is 5.91 Å². The SMILES string of the molecule is NCC(O)CC(=O)N[C@@H](CC(=O)O)C(=O)O. The van der Waals surface area contributed by atoms with Crippen molar-refractivity contribution in [1.29, 1.82) is 0 Å². The quantitative estimate of drug-likeness (QED) is 0.333. The van der Waals surface area contributed by atoms with Gasteiger partial charge in [0.25, 0.3) is 0 Å². The monoisotopic (exact) mass is 234 g/mol. The summed E-state index contributed by atoms with van der Waals surface area (Å²) in [7, 11) is 0. The molecule has 0 heterocycles. The molecule has 2 atom stereocenters. The van der Waals surface area contributed by atoms with Crippen LogP contribution >= 0.6 is 0 Å². The van der Waals surface area contributed by atoms with E-state index in [1.165, 1.54) is 0 Å². The van der Waals surface area contributed by atoms with E-state index in [2.05, 4.69) is 0 Å². The molecule has 92 valence electrons. The van der Waals surface area contributed by atoms with Crippen molar-refractivity contribution >= 4 is 17.8 Å². The summed E-state index contributed by atoms with van der Waals surface area (Å²) in [6.45, 7) is -0.135. The summed E-state index contributed by atoms with van der Waals surface area (Å²) in [5, 5.41) is 28.0. The van der Waals surface area contributed by atoms with E-state index < -0.39 is 36.4 Å². The van der Waals surface area contributed by atoms with Gasteiger partial charge in [0.15, 0.2) is 0 Å². The van der Waals surface area contributed by atoms with Crippen LogP contribution in [0.15, 0.2) is 0 Å². The van der Waals surface area contributed by atoms with Crippen molar-refractivity contribution in [1.82, 2.24) is 5.32 Å². The maximum Gasteiger partial charge on any atom is 0.326 e. The van der Waals surface area contributed by atoms with Crippen molar-refractivity contribution in [2.75, 3.05) is 6.54 Å². The second-order valence-electron chi connectivity index (χ2n) is 3.15. The third kappa shape index (κ3) is 5.94. The number of rotatable bonds is 7. The van der Waals surface area contributed by atoms with E-state index in [-0.39, 0.29) is 13.0 Å². The zero-order valence-corrected chi connectivity index (χ0v) is 8.42. The van der Waals surface area contributed by atoms with Crippen LogP contribution < -0.4 is 11.1 Å². The molecule has 0 aromatic carbocycles. The van der Waals surface area contributed by atoms with Crippen LogP contribution in [0.5, 0.6) is 0 Å². The molecule has 0 saturated heterocycles. The lowest BCUT2D eigenvalue weighted by atomic mass is 10.2. The number of aliphatic hydroxyl groups is 1. The van der Waals surface area contributed by atoms with Crippen LogP contribution in [0.4, 0.5) is 0 Å². The summed E-state index contributed by atoms with van der Waals surface area (Å²) in [5.41, 5.74) is 5.05. The lowest BCUT2D eigenvalue weighted by molar-refractivity contribution is -0.147. The topological polar surface area (TPSA) is 150 Å². The van der Waals surface area contributed by atoms with Crippen molar-refractivity contribution in [2.24, 2.45) is 5.73 Å². The van der Waals surface area contributed by atoms with Gasteiger partial charge in [-0.05, 0) is 0 Å². The number of hydrogen-bond donors (Lipinski definition) is 5. The van der Waals surface area contributed by atoms with E-state index in [1.807, 2.05) is 5.32 Å². The molecule has 1 unspecified atom stereocenters. The number of carbonyl (C=O) groups is 3. The van der Waals surface area contributed by atoms with E-state index in [4.69, 9.17) is 21.1 Å². The number of carboxylic acids is 2. The number of nitrogens with two attached hydrogens (primary N) is 1. The molecule has 0 radical (unpaired) electrons. The Bertz CT molecular complexity index is 280. The zero-order chi connectivity index (χ0) is 12.7. The Morgan fingerprint density at radius 3 is 2.12 bits per heavy atom. The summed E-state index contributed by atoms with van der Waals surface area (Å²) >= 11 is 0. The minimum atomic E-state index is -1.50. The molecule has 0 aromatic heterocycles. The third-order valence-corrected chi connectivity index (χ3v) is 1.71. The molecule has 0 aromatic rings. The van der Waals surface area contributed by atoms with Gasteiger partial charge in [-0.3, -0.25) is 9.59 Å². The van der Waals surface area contributed by atoms with Gasteiger partial charge in [-0.15, -0.1) is 0 Å². The molecule has 0 aliphatic carbocycles. The molecule has 0 rings (SSSR count). The summed E-state index contributed by atoms with van der Waals surface area (Å²) in [4.78, 5) is 32.0. The number of nitrogens with one attached hydrogen (secondary N) is 1. The molecule has 0 fully saturated rings. The zero-order valence-electron chi connectivity index (χ0n) is 8.42. The maximum absolute atomic E-state index is 11.1. The number of amides is 1. The Kier molecular flexibility index (Phi) is 6.04. The van der Waals surface area contributed by atoms with E-state index in [0.717, 1.165) is 0 Å². The Labute approximate surface area is 91.1 Å². The first kappa shape index (κ1) is 14.3. The van der Waals surface area contributed by atoms with Crippen molar-refractivity contribution in [3.05, 3.63) is 0 Å². The van der Waals surface area contributed by atoms with E-state index >= 15 is 0 Å². The maximum atomic E-state index is 11.1. The number of aliphatic carboxylic acids is 2. The molecular formula is C8H14N2O6. The summed E-state index contributed by atoms with van der Waals surface area (Å²) in [6.07, 6.45) is -2.15. The fourth-order valence-corrected chi connectivity index (χ4v) is 0.925. The Morgan fingerprint density at radius 2 is 1.75 bits per heavy atom. The Morgan fingerprint density at radius 1 is 1.19 bits per heavy atom. The first-order valence-electron chi connectivity index (χ1n) is 4.49. The third-order valence-electron chi connectivity index (χ3n) is 1.71. The van der Waals surface area contributed by atoms with Crippen molar-refractivity contribution in [3.63, 3.8) is 0 Å². The lowest BCUT2D eigenvalue weighted by Gasteiger charge is -2.13. The summed E-state index contributed by atoms with van der Waals surface area (Å²) in [5.74, 6) is -3.54. The summed E-state index contributed by atoms with van der Waals surface area (Å²) in [6, 6.07) is -1.50. The van der Waals surface area contributed by atoms with Crippen LogP contribution in [-0.4, -0.2) is 51.9 Å². The number of aliphatic hydroxyl groups excluding tert-OH is 1. The van der Waals surface area contributed by atoms with Gasteiger partial charge < -0.3 is 26.4 Å². The average molecular weight is 234 g/mol. The van der Waals surface area contributed by atoms with Gasteiger partial charge in [0, 0.05) is 6.54 Å². The van der Waals surface area contributed by atoms with E-state index in [1.54, 1.807) is 0 Å². The molecule has 6 N–H and O–H groups in total. The highest BCUT2D eigenvalue weighted by Gasteiger charge is 2.23. The highest BCUT2D eigenvalue weighted by molar-refractivity contribution is 5.86. The normalized spacial score (nSPS) is 13.9. The fraction of sp³-hybridized carbons (Fsp3) is 0.625. The van der Waals surface area contributed by atoms with Crippen molar-refractivity contribution < 1.29 is 29.7 Å². The van der Waals surface area contributed by atoms with Gasteiger partial charge in [-0.2, -0.15) is 0 Å². The molecule has 8 heteroatoms. The number of hydrogen-bond acceptors (Lipinski definition) is 5. The molecule has 0 bridgehead atoms. The van der Waals surface area contributed by atoms with Gasteiger partial charge >= 0.3 is 11.9 Å². The van der Waals surface area contributed by atoms with Crippen LogP contribution in [0.25, 0.3) is 0 Å². The van der Waals surface area contributed by atoms with Gasteiger partial charge in [-0.25, -0.2) is 4.79 Å². The van der Waals surface area contributed by atoms with Crippen molar-refractivity contribution in [3.8, 4) is 0 Å². The van der Waals surface area contributed by atoms with Crippen LogP contribution in [0.3, 0.4) is 0 Å². The van der Waals surface area contributed by atoms with E-state index in [9.17, 15) is 14.4 Å². The first-order chi connectivity index (χ1) is 7.36. The summed E-state index contributed by atoms with van der Waals surface area (Å²) < 4.78 is 0. The first-order valence-corrected chi connectivity index (χ1v) is 4.49. The lowest BCUT2D eigenvalue weighted by Crippen LogP contribution is -2.43. The smallest absolute Gasteiger partial charge is 0.326 e. The Hall–Kier alpha value is -1.67. The highest BCUT2D eigenvalue weighted by atomic mass is 16.4. The van der Waals surface area contributed by atoms with Crippen LogP contribution in [0.1, 0.15) is 12.8 Å². The van der Waals surface area contributed by atoms with Crippen molar-refractivity contribution in [2.45, 2.75) is 25.0 Å². The predicted octanol–water partition coefficient (Wildman–Crippen LogP) is -2.26. The standard InChI is InChI=1S/C8H14N2O6/c9-3-4(11)1-6(12)10-5(8(15)16)2-7(13)14/h4-5,11H,1-3,9H2,(H,10,12)(H,13,14)(H,15,16)/t4?,5-/m0/s1. The second kappa shape index (κ2) is 6.75. The van der Waals surface area contributed by atoms with E-state index in [0.29, 0.717) is 0 Å². The molecule has 1 amide bonds. The molecule has 0 aliphatic rings. The molecule has 0 aliphatic heterocycles.